The Morgan fingerprint density at radius 1 is 1.32 bits per heavy atom. The topological polar surface area (TPSA) is 48.1 Å². The Hall–Kier alpha value is -1.75. The average molecular weight is 278 g/mol. The summed E-state index contributed by atoms with van der Waals surface area (Å²) in [6.07, 6.45) is 0. The molecule has 0 radical (unpaired) electrons. The lowest BCUT2D eigenvalue weighted by Crippen LogP contribution is -1.94. The monoisotopic (exact) mass is 278 g/mol. The van der Waals surface area contributed by atoms with Gasteiger partial charge in [-0.1, -0.05) is 0 Å². The SMILES string of the molecule is COc1cc(C)nc(CSc2ccc(N)c(F)c2)c1. The van der Waals surface area contributed by atoms with Crippen molar-refractivity contribution in [1.29, 1.82) is 0 Å². The fourth-order valence-electron chi connectivity index (χ4n) is 1.65. The van der Waals surface area contributed by atoms with Crippen molar-refractivity contribution in [3.63, 3.8) is 0 Å². The highest BCUT2D eigenvalue weighted by Crippen LogP contribution is 2.26. The van der Waals surface area contributed by atoms with Gasteiger partial charge in [0, 0.05) is 28.5 Å². The standard InChI is InChI=1S/C14H15FN2OS/c1-9-5-11(18-2)6-10(17-9)8-19-12-3-4-14(16)13(15)7-12/h3-7H,8,16H2,1-2H3. The first-order chi connectivity index (χ1) is 9.08. The number of nitrogens with zero attached hydrogens (tertiary/aromatic N) is 1. The largest absolute Gasteiger partial charge is 0.497 e. The van der Waals surface area contributed by atoms with Crippen LogP contribution in [0.4, 0.5) is 10.1 Å². The van der Waals surface area contributed by atoms with Crippen molar-refractivity contribution < 1.29 is 9.13 Å². The molecule has 2 rings (SSSR count). The number of benzene rings is 1. The van der Waals surface area contributed by atoms with Crippen LogP contribution in [0, 0.1) is 12.7 Å². The van der Waals surface area contributed by atoms with Gasteiger partial charge in [0.1, 0.15) is 11.6 Å². The van der Waals surface area contributed by atoms with Gasteiger partial charge in [0.05, 0.1) is 18.5 Å². The molecule has 0 saturated heterocycles. The van der Waals surface area contributed by atoms with E-state index in [1.165, 1.54) is 17.8 Å². The minimum Gasteiger partial charge on any atom is -0.497 e. The molecular weight excluding hydrogens is 263 g/mol. The summed E-state index contributed by atoms with van der Waals surface area (Å²) in [7, 11) is 1.63. The summed E-state index contributed by atoms with van der Waals surface area (Å²) in [4.78, 5) is 5.25. The summed E-state index contributed by atoms with van der Waals surface area (Å²) in [6, 6.07) is 8.57. The highest BCUT2D eigenvalue weighted by atomic mass is 32.2. The molecule has 1 heterocycles. The summed E-state index contributed by atoms with van der Waals surface area (Å²) >= 11 is 1.51. The lowest BCUT2D eigenvalue weighted by molar-refractivity contribution is 0.413. The van der Waals surface area contributed by atoms with Crippen LogP contribution in [0.1, 0.15) is 11.4 Å². The Balaban J connectivity index is 2.09. The second-order valence-electron chi connectivity index (χ2n) is 4.11. The predicted molar refractivity (Wildman–Crippen MR) is 75.9 cm³/mol. The van der Waals surface area contributed by atoms with Gasteiger partial charge in [0.25, 0.3) is 0 Å². The fourth-order valence-corrected chi connectivity index (χ4v) is 2.46. The van der Waals surface area contributed by atoms with Gasteiger partial charge in [0.2, 0.25) is 0 Å². The minimum atomic E-state index is -0.389. The molecule has 0 aliphatic rings. The number of nitrogens with two attached hydrogens (primary N) is 1. The number of halogens is 1. The van der Waals surface area contributed by atoms with Crippen molar-refractivity contribution in [1.82, 2.24) is 4.98 Å². The molecule has 1 aromatic heterocycles. The van der Waals surface area contributed by atoms with E-state index >= 15 is 0 Å². The lowest BCUT2D eigenvalue weighted by Gasteiger charge is -2.06. The van der Waals surface area contributed by atoms with E-state index < -0.39 is 0 Å². The van der Waals surface area contributed by atoms with E-state index in [4.69, 9.17) is 10.5 Å². The third kappa shape index (κ3) is 3.61. The lowest BCUT2D eigenvalue weighted by atomic mass is 10.3. The first-order valence-electron chi connectivity index (χ1n) is 5.78. The Morgan fingerprint density at radius 3 is 2.79 bits per heavy atom. The predicted octanol–water partition coefficient (Wildman–Crippen LogP) is 3.41. The van der Waals surface area contributed by atoms with Crippen LogP contribution < -0.4 is 10.5 Å². The number of aryl methyl sites for hydroxylation is 1. The molecule has 0 spiro atoms. The number of hydrogen-bond donors (Lipinski definition) is 1. The zero-order chi connectivity index (χ0) is 13.8. The summed E-state index contributed by atoms with van der Waals surface area (Å²) < 4.78 is 18.5. The van der Waals surface area contributed by atoms with Crippen molar-refractivity contribution in [3.8, 4) is 5.75 Å². The van der Waals surface area contributed by atoms with Gasteiger partial charge in [-0.05, 0) is 25.1 Å². The number of anilines is 1. The van der Waals surface area contributed by atoms with Gasteiger partial charge in [0.15, 0.2) is 0 Å². The normalized spacial score (nSPS) is 10.5. The molecule has 100 valence electrons. The van der Waals surface area contributed by atoms with Crippen LogP contribution in [0.25, 0.3) is 0 Å². The number of methoxy groups -OCH3 is 1. The smallest absolute Gasteiger partial charge is 0.147 e. The third-order valence-corrected chi connectivity index (χ3v) is 3.60. The molecule has 0 aliphatic heterocycles. The highest BCUT2D eigenvalue weighted by molar-refractivity contribution is 7.98. The molecule has 0 amide bonds. The molecule has 19 heavy (non-hydrogen) atoms. The second kappa shape index (κ2) is 5.93. The number of thioether (sulfide) groups is 1. The van der Waals surface area contributed by atoms with E-state index in [0.717, 1.165) is 22.0 Å². The molecule has 3 nitrogen and oxygen atoms in total. The molecule has 0 fully saturated rings. The van der Waals surface area contributed by atoms with Crippen LogP contribution in [0.2, 0.25) is 0 Å². The number of rotatable bonds is 4. The van der Waals surface area contributed by atoms with Gasteiger partial charge in [-0.3, -0.25) is 4.98 Å². The molecule has 0 unspecified atom stereocenters. The molecule has 0 aliphatic carbocycles. The molecule has 0 saturated carbocycles. The molecule has 1 aromatic carbocycles. The maximum atomic E-state index is 13.3. The molecular formula is C14H15FN2OS. The van der Waals surface area contributed by atoms with Crippen LogP contribution in [-0.4, -0.2) is 12.1 Å². The third-order valence-electron chi connectivity index (χ3n) is 2.57. The quantitative estimate of drug-likeness (QED) is 0.687. The zero-order valence-corrected chi connectivity index (χ0v) is 11.6. The van der Waals surface area contributed by atoms with Crippen LogP contribution in [-0.2, 0) is 5.75 Å². The molecule has 0 atom stereocenters. The second-order valence-corrected chi connectivity index (χ2v) is 5.16. The summed E-state index contributed by atoms with van der Waals surface area (Å²) in [5.41, 5.74) is 7.41. The van der Waals surface area contributed by atoms with Crippen molar-refractivity contribution >= 4 is 17.4 Å². The van der Waals surface area contributed by atoms with Crippen molar-refractivity contribution in [2.45, 2.75) is 17.6 Å². The van der Waals surface area contributed by atoms with E-state index in [1.54, 1.807) is 19.2 Å². The molecule has 2 N–H and O–H groups in total. The van der Waals surface area contributed by atoms with Crippen LogP contribution in [0.5, 0.6) is 5.75 Å². The van der Waals surface area contributed by atoms with Crippen LogP contribution >= 0.6 is 11.8 Å². The van der Waals surface area contributed by atoms with E-state index in [2.05, 4.69) is 4.98 Å². The van der Waals surface area contributed by atoms with Crippen LogP contribution in [0.3, 0.4) is 0 Å². The number of ether oxygens (including phenoxy) is 1. The first-order valence-corrected chi connectivity index (χ1v) is 6.76. The van der Waals surface area contributed by atoms with Gasteiger partial charge in [-0.25, -0.2) is 4.39 Å². The van der Waals surface area contributed by atoms with E-state index in [-0.39, 0.29) is 11.5 Å². The zero-order valence-electron chi connectivity index (χ0n) is 10.8. The first kappa shape index (κ1) is 13.7. The number of nitrogen functional groups attached to an aromatic ring is 1. The van der Waals surface area contributed by atoms with Crippen molar-refractivity contribution in [3.05, 3.63) is 47.5 Å². The van der Waals surface area contributed by atoms with E-state index in [1.807, 2.05) is 19.1 Å². The Morgan fingerprint density at radius 2 is 2.11 bits per heavy atom. The minimum absolute atomic E-state index is 0.166. The number of pyridine rings is 1. The van der Waals surface area contributed by atoms with E-state index in [9.17, 15) is 4.39 Å². The highest BCUT2D eigenvalue weighted by Gasteiger charge is 2.04. The van der Waals surface area contributed by atoms with Crippen molar-refractivity contribution in [2.24, 2.45) is 0 Å². The molecule has 5 heteroatoms. The van der Waals surface area contributed by atoms with Crippen LogP contribution in [0.15, 0.2) is 35.2 Å². The summed E-state index contributed by atoms with van der Waals surface area (Å²) in [6.45, 7) is 1.92. The summed E-state index contributed by atoms with van der Waals surface area (Å²) in [5.74, 6) is 1.05. The van der Waals surface area contributed by atoms with Gasteiger partial charge >= 0.3 is 0 Å². The maximum absolute atomic E-state index is 13.3. The molecule has 2 aromatic rings. The Kier molecular flexibility index (Phi) is 4.27. The molecule has 0 bridgehead atoms. The Bertz CT molecular complexity index is 590. The Labute approximate surface area is 116 Å². The number of aromatic nitrogens is 1. The van der Waals surface area contributed by atoms with Crippen molar-refractivity contribution in [2.75, 3.05) is 12.8 Å². The van der Waals surface area contributed by atoms with Gasteiger partial charge in [-0.2, -0.15) is 0 Å². The van der Waals surface area contributed by atoms with E-state index in [0.29, 0.717) is 5.75 Å². The van der Waals surface area contributed by atoms with Gasteiger partial charge < -0.3 is 10.5 Å². The average Bonchev–Trinajstić information content (AvgIpc) is 2.39. The van der Waals surface area contributed by atoms with Gasteiger partial charge in [-0.15, -0.1) is 11.8 Å². The fraction of sp³-hybridized carbons (Fsp3) is 0.214. The number of hydrogen-bond acceptors (Lipinski definition) is 4. The summed E-state index contributed by atoms with van der Waals surface area (Å²) in [5, 5.41) is 0. The maximum Gasteiger partial charge on any atom is 0.147 e.